The van der Waals surface area contributed by atoms with Gasteiger partial charge in [-0.2, -0.15) is 4.72 Å². The van der Waals surface area contributed by atoms with Crippen LogP contribution >= 0.6 is 11.6 Å². The van der Waals surface area contributed by atoms with Gasteiger partial charge in [0.05, 0.1) is 4.90 Å². The van der Waals surface area contributed by atoms with Crippen molar-refractivity contribution in [2.24, 2.45) is 0 Å². The number of sulfonamides is 1. The van der Waals surface area contributed by atoms with Gasteiger partial charge >= 0.3 is 5.97 Å². The number of carbonyl (C=O) groups excluding carboxylic acids is 1. The van der Waals surface area contributed by atoms with Gasteiger partial charge in [-0.05, 0) is 31.0 Å². The first-order valence-electron chi connectivity index (χ1n) is 7.28. The highest BCUT2D eigenvalue weighted by Crippen LogP contribution is 2.13. The first-order chi connectivity index (χ1) is 11.4. The van der Waals surface area contributed by atoms with E-state index in [-0.39, 0.29) is 17.4 Å². The summed E-state index contributed by atoms with van der Waals surface area (Å²) >= 11 is 5.43. The summed E-state index contributed by atoms with van der Waals surface area (Å²) < 4.78 is 32.2. The Morgan fingerprint density at radius 2 is 1.75 bits per heavy atom. The minimum atomic E-state index is -3.85. The van der Waals surface area contributed by atoms with Gasteiger partial charge in [0.1, 0.15) is 6.04 Å². The Kier molecular flexibility index (Phi) is 6.36. The number of aryl methyl sites for hydroxylation is 1. The number of hydrogen-bond acceptors (Lipinski definition) is 4. The van der Waals surface area contributed by atoms with Crippen LogP contribution in [0.2, 0.25) is 0 Å². The Bertz CT molecular complexity index is 776. The summed E-state index contributed by atoms with van der Waals surface area (Å²) in [4.78, 5) is 12.2. The molecule has 0 aromatic heterocycles. The smallest absolute Gasteiger partial charge is 0.325 e. The van der Waals surface area contributed by atoms with E-state index in [1.807, 2.05) is 25.1 Å². The van der Waals surface area contributed by atoms with E-state index in [0.29, 0.717) is 0 Å². The van der Waals surface area contributed by atoms with E-state index in [2.05, 4.69) is 4.72 Å². The van der Waals surface area contributed by atoms with Crippen molar-refractivity contribution >= 4 is 27.6 Å². The van der Waals surface area contributed by atoms with Crippen LogP contribution in [0.4, 0.5) is 0 Å². The predicted octanol–water partition coefficient (Wildman–Crippen LogP) is 2.62. The molecule has 128 valence electrons. The monoisotopic (exact) mass is 367 g/mol. The molecule has 0 saturated heterocycles. The van der Waals surface area contributed by atoms with E-state index in [0.717, 1.165) is 11.1 Å². The Morgan fingerprint density at radius 1 is 1.12 bits per heavy atom. The highest BCUT2D eigenvalue weighted by atomic mass is 35.5. The van der Waals surface area contributed by atoms with Gasteiger partial charge in [-0.15, -0.1) is 0 Å². The second-order valence-electron chi connectivity index (χ2n) is 5.25. The van der Waals surface area contributed by atoms with E-state index >= 15 is 0 Å². The number of ether oxygens (including phenoxy) is 1. The molecule has 1 N–H and O–H groups in total. The van der Waals surface area contributed by atoms with E-state index in [9.17, 15) is 13.2 Å². The molecule has 2 rings (SSSR count). The number of alkyl halides is 1. The minimum Gasteiger partial charge on any atom is -0.448 e. The molecule has 0 bridgehead atoms. The molecule has 2 aromatic rings. The number of esters is 1. The largest absolute Gasteiger partial charge is 0.448 e. The number of halogens is 1. The molecular formula is C17H18ClNO4S. The molecule has 2 aromatic carbocycles. The maximum Gasteiger partial charge on any atom is 0.325 e. The molecule has 0 amide bonds. The van der Waals surface area contributed by atoms with Crippen molar-refractivity contribution < 1.29 is 17.9 Å². The van der Waals surface area contributed by atoms with E-state index in [1.165, 1.54) is 12.1 Å². The fourth-order valence-electron chi connectivity index (χ4n) is 2.15. The lowest BCUT2D eigenvalue weighted by Gasteiger charge is -2.17. The number of nitrogens with one attached hydrogen (secondary N) is 1. The molecule has 24 heavy (non-hydrogen) atoms. The van der Waals surface area contributed by atoms with Crippen LogP contribution in [0.1, 0.15) is 11.1 Å². The molecule has 1 atom stereocenters. The standard InChI is InChI=1S/C17H18ClNO4S/c1-13-7-9-15(10-8-13)24(21,22)19-16(17(20)23-12-18)11-14-5-3-2-4-6-14/h2-10,16,19H,11-12H2,1H3/t16-/m0/s1. The molecule has 0 radical (unpaired) electrons. The summed E-state index contributed by atoms with van der Waals surface area (Å²) in [6.07, 6.45) is 0.168. The molecule has 0 saturated carbocycles. The second kappa shape index (κ2) is 8.28. The van der Waals surface area contributed by atoms with Gasteiger partial charge in [0.15, 0.2) is 6.07 Å². The van der Waals surface area contributed by atoms with Gasteiger partial charge in [0.25, 0.3) is 0 Å². The van der Waals surface area contributed by atoms with Crippen molar-refractivity contribution in [3.63, 3.8) is 0 Å². The Labute approximate surface area is 146 Å². The highest BCUT2D eigenvalue weighted by molar-refractivity contribution is 7.89. The third-order valence-electron chi connectivity index (χ3n) is 3.39. The maximum absolute atomic E-state index is 12.5. The lowest BCUT2D eigenvalue weighted by Crippen LogP contribution is -2.43. The van der Waals surface area contributed by atoms with E-state index < -0.39 is 22.0 Å². The van der Waals surface area contributed by atoms with E-state index in [1.54, 1.807) is 24.3 Å². The van der Waals surface area contributed by atoms with Crippen molar-refractivity contribution in [2.75, 3.05) is 6.07 Å². The van der Waals surface area contributed by atoms with Crippen LogP contribution in [0.15, 0.2) is 59.5 Å². The van der Waals surface area contributed by atoms with Crippen LogP contribution in [0.25, 0.3) is 0 Å². The lowest BCUT2D eigenvalue weighted by molar-refractivity contribution is -0.143. The van der Waals surface area contributed by atoms with Crippen molar-refractivity contribution in [2.45, 2.75) is 24.3 Å². The zero-order chi connectivity index (χ0) is 17.6. The molecule has 0 fully saturated rings. The zero-order valence-electron chi connectivity index (χ0n) is 13.1. The first-order valence-corrected chi connectivity index (χ1v) is 9.29. The van der Waals surface area contributed by atoms with Crippen molar-refractivity contribution in [1.29, 1.82) is 0 Å². The van der Waals surface area contributed by atoms with Gasteiger partial charge in [-0.3, -0.25) is 4.79 Å². The highest BCUT2D eigenvalue weighted by Gasteiger charge is 2.27. The molecule has 0 unspecified atom stereocenters. The molecule has 0 aliphatic rings. The molecule has 0 aliphatic carbocycles. The molecule has 7 heteroatoms. The Morgan fingerprint density at radius 3 is 2.33 bits per heavy atom. The molecular weight excluding hydrogens is 350 g/mol. The number of hydrogen-bond donors (Lipinski definition) is 1. The number of rotatable bonds is 7. The van der Waals surface area contributed by atoms with Crippen LogP contribution in [0.5, 0.6) is 0 Å². The predicted molar refractivity (Wildman–Crippen MR) is 92.2 cm³/mol. The van der Waals surface area contributed by atoms with Crippen LogP contribution in [0.3, 0.4) is 0 Å². The van der Waals surface area contributed by atoms with Crippen molar-refractivity contribution in [3.8, 4) is 0 Å². The van der Waals surface area contributed by atoms with Crippen LogP contribution in [0, 0.1) is 6.92 Å². The third-order valence-corrected chi connectivity index (χ3v) is 4.99. The summed E-state index contributed by atoms with van der Waals surface area (Å²) in [6.45, 7) is 1.86. The van der Waals surface area contributed by atoms with Gasteiger partial charge in [-0.25, -0.2) is 8.42 Å². The van der Waals surface area contributed by atoms with Gasteiger partial charge in [0.2, 0.25) is 10.0 Å². The van der Waals surface area contributed by atoms with Crippen molar-refractivity contribution in [3.05, 3.63) is 65.7 Å². The van der Waals surface area contributed by atoms with Crippen LogP contribution in [-0.4, -0.2) is 26.5 Å². The zero-order valence-corrected chi connectivity index (χ0v) is 14.7. The number of carbonyl (C=O) groups is 1. The van der Waals surface area contributed by atoms with Gasteiger partial charge in [0, 0.05) is 0 Å². The fourth-order valence-corrected chi connectivity index (χ4v) is 3.44. The second-order valence-corrected chi connectivity index (χ2v) is 7.18. The average Bonchev–Trinajstić information content (AvgIpc) is 2.55. The summed E-state index contributed by atoms with van der Waals surface area (Å²) in [7, 11) is -3.85. The Balaban J connectivity index is 2.23. The normalized spacial score (nSPS) is 12.6. The average molecular weight is 368 g/mol. The van der Waals surface area contributed by atoms with E-state index in [4.69, 9.17) is 16.3 Å². The third kappa shape index (κ3) is 5.06. The SMILES string of the molecule is Cc1ccc(S(=O)(=O)N[C@@H](Cc2ccccc2)C(=O)OCCl)cc1. The molecule has 0 aliphatic heterocycles. The lowest BCUT2D eigenvalue weighted by atomic mass is 10.1. The van der Waals surface area contributed by atoms with Gasteiger partial charge in [-0.1, -0.05) is 59.6 Å². The summed E-state index contributed by atoms with van der Waals surface area (Å²) in [6, 6.07) is 14.0. The van der Waals surface area contributed by atoms with Crippen LogP contribution < -0.4 is 4.72 Å². The fraction of sp³-hybridized carbons (Fsp3) is 0.235. The topological polar surface area (TPSA) is 72.5 Å². The van der Waals surface area contributed by atoms with Crippen molar-refractivity contribution in [1.82, 2.24) is 4.72 Å². The van der Waals surface area contributed by atoms with Crippen LogP contribution in [-0.2, 0) is 26.0 Å². The first kappa shape index (κ1) is 18.4. The summed E-state index contributed by atoms with van der Waals surface area (Å²) in [5, 5.41) is 0. The maximum atomic E-state index is 12.5. The summed E-state index contributed by atoms with van der Waals surface area (Å²) in [5.74, 6) is -0.718. The number of benzene rings is 2. The molecule has 0 spiro atoms. The summed E-state index contributed by atoms with van der Waals surface area (Å²) in [5.41, 5.74) is 1.75. The quantitative estimate of drug-likeness (QED) is 0.603. The molecule has 0 heterocycles. The Hall–Kier alpha value is -1.89. The van der Waals surface area contributed by atoms with Gasteiger partial charge < -0.3 is 4.74 Å². The minimum absolute atomic E-state index is 0.0878. The molecule has 5 nitrogen and oxygen atoms in total.